The maximum atomic E-state index is 11.3. The number of aromatic nitrogens is 2. The van der Waals surface area contributed by atoms with Crippen molar-refractivity contribution < 1.29 is 13.2 Å². The van der Waals surface area contributed by atoms with Gasteiger partial charge in [-0.2, -0.15) is 4.98 Å². The molecule has 1 aromatic heterocycles. The number of anilines is 1. The summed E-state index contributed by atoms with van der Waals surface area (Å²) in [7, 11) is -1.42. The van der Waals surface area contributed by atoms with Gasteiger partial charge < -0.3 is 9.64 Å². The van der Waals surface area contributed by atoms with Crippen LogP contribution in [0.15, 0.2) is 6.20 Å². The minimum absolute atomic E-state index is 0.125. The lowest BCUT2D eigenvalue weighted by Gasteiger charge is -2.26. The molecule has 2 rings (SSSR count). The molecule has 6 nitrogen and oxygen atoms in total. The number of nitrogens with zero attached hydrogens (tertiary/aromatic N) is 3. The quantitative estimate of drug-likeness (QED) is 0.728. The molecule has 1 fully saturated rings. The molecule has 0 spiro atoms. The molecule has 0 aliphatic carbocycles. The largest absolute Gasteiger partial charge is 0.492 e. The van der Waals surface area contributed by atoms with Crippen molar-refractivity contribution in [1.29, 1.82) is 0 Å². The van der Waals surface area contributed by atoms with Gasteiger partial charge in [0.05, 0.1) is 24.8 Å². The molecule has 0 bridgehead atoms. The summed E-state index contributed by atoms with van der Waals surface area (Å²) in [6.45, 7) is 0.788. The molecule has 1 aliphatic heterocycles. The van der Waals surface area contributed by atoms with Crippen LogP contribution in [0.5, 0.6) is 5.75 Å². The zero-order chi connectivity index (χ0) is 12.5. The van der Waals surface area contributed by atoms with Crippen molar-refractivity contribution in [3.8, 4) is 5.75 Å². The number of hydrogen-bond acceptors (Lipinski definition) is 6. The van der Waals surface area contributed by atoms with Crippen LogP contribution in [0.2, 0.25) is 5.15 Å². The van der Waals surface area contributed by atoms with Crippen molar-refractivity contribution in [3.05, 3.63) is 11.3 Å². The first-order chi connectivity index (χ1) is 8.02. The molecule has 1 aromatic rings. The Morgan fingerprint density at radius 2 is 2.06 bits per heavy atom. The molecule has 94 valence electrons. The second-order valence-corrected chi connectivity index (χ2v) is 6.33. The van der Waals surface area contributed by atoms with E-state index in [1.54, 1.807) is 4.90 Å². The van der Waals surface area contributed by atoms with Crippen molar-refractivity contribution in [1.82, 2.24) is 9.97 Å². The average Bonchev–Trinajstić information content (AvgIpc) is 2.29. The second kappa shape index (κ2) is 4.66. The molecule has 0 unspecified atom stereocenters. The van der Waals surface area contributed by atoms with Gasteiger partial charge in [0.15, 0.2) is 20.7 Å². The van der Waals surface area contributed by atoms with Crippen LogP contribution in [-0.2, 0) is 9.84 Å². The predicted molar refractivity (Wildman–Crippen MR) is 64.5 cm³/mol. The molecular formula is C9H12ClN3O3S. The molecule has 0 amide bonds. The van der Waals surface area contributed by atoms with Crippen LogP contribution in [0.1, 0.15) is 0 Å². The molecule has 8 heteroatoms. The monoisotopic (exact) mass is 277 g/mol. The van der Waals surface area contributed by atoms with E-state index in [0.29, 0.717) is 24.8 Å². The average molecular weight is 278 g/mol. The summed E-state index contributed by atoms with van der Waals surface area (Å²) in [6, 6.07) is 0. The van der Waals surface area contributed by atoms with E-state index in [1.165, 1.54) is 13.3 Å². The van der Waals surface area contributed by atoms with Crippen molar-refractivity contribution in [2.45, 2.75) is 0 Å². The van der Waals surface area contributed by atoms with E-state index < -0.39 is 9.84 Å². The fourth-order valence-corrected chi connectivity index (χ4v) is 2.95. The van der Waals surface area contributed by atoms with Gasteiger partial charge >= 0.3 is 0 Å². The Hall–Kier alpha value is -1.08. The highest BCUT2D eigenvalue weighted by Gasteiger charge is 2.23. The summed E-state index contributed by atoms with van der Waals surface area (Å²) >= 11 is 5.88. The Morgan fingerprint density at radius 3 is 2.59 bits per heavy atom. The number of sulfone groups is 1. The maximum Gasteiger partial charge on any atom is 0.227 e. The summed E-state index contributed by atoms with van der Waals surface area (Å²) in [5, 5.41) is 0.228. The predicted octanol–water partition coefficient (Wildman–Crippen LogP) is 0.373. The molecule has 0 radical (unpaired) electrons. The standard InChI is InChI=1S/C9H12ClN3O3S/c1-16-7-6-11-9(12-8(7)10)13-2-4-17(14,15)5-3-13/h6H,2-5H2,1H3. The molecule has 0 N–H and O–H groups in total. The van der Waals surface area contributed by atoms with Gasteiger partial charge in [0, 0.05) is 13.1 Å². The SMILES string of the molecule is COc1cnc(N2CCS(=O)(=O)CC2)nc1Cl. The molecule has 17 heavy (non-hydrogen) atoms. The Labute approximate surface area is 104 Å². The van der Waals surface area contributed by atoms with Crippen molar-refractivity contribution in [2.24, 2.45) is 0 Å². The molecule has 1 saturated heterocycles. The van der Waals surface area contributed by atoms with Crippen LogP contribution in [0.25, 0.3) is 0 Å². The van der Waals surface area contributed by atoms with Gasteiger partial charge in [-0.1, -0.05) is 11.6 Å². The van der Waals surface area contributed by atoms with Gasteiger partial charge in [-0.3, -0.25) is 0 Å². The molecule has 1 aliphatic rings. The van der Waals surface area contributed by atoms with Gasteiger partial charge in [0.25, 0.3) is 0 Å². The zero-order valence-electron chi connectivity index (χ0n) is 9.26. The summed E-state index contributed by atoms with van der Waals surface area (Å²) in [4.78, 5) is 9.97. The minimum atomic E-state index is -2.90. The highest BCUT2D eigenvalue weighted by molar-refractivity contribution is 7.91. The van der Waals surface area contributed by atoms with Crippen LogP contribution >= 0.6 is 11.6 Å². The first-order valence-corrected chi connectivity index (χ1v) is 7.24. The fraction of sp³-hybridized carbons (Fsp3) is 0.556. The van der Waals surface area contributed by atoms with E-state index in [9.17, 15) is 8.42 Å². The number of hydrogen-bond donors (Lipinski definition) is 0. The highest BCUT2D eigenvalue weighted by atomic mass is 35.5. The van der Waals surface area contributed by atoms with E-state index in [2.05, 4.69) is 9.97 Å². The molecule has 2 heterocycles. The van der Waals surface area contributed by atoms with E-state index in [4.69, 9.17) is 16.3 Å². The Bertz CT molecular complexity index is 506. The van der Waals surface area contributed by atoms with Crippen LogP contribution in [0, 0.1) is 0 Å². The molecule has 0 saturated carbocycles. The Kier molecular flexibility index (Phi) is 3.39. The fourth-order valence-electron chi connectivity index (χ4n) is 1.54. The third-order valence-electron chi connectivity index (χ3n) is 2.55. The lowest BCUT2D eigenvalue weighted by Crippen LogP contribution is -2.41. The first-order valence-electron chi connectivity index (χ1n) is 5.04. The van der Waals surface area contributed by atoms with E-state index in [-0.39, 0.29) is 16.7 Å². The minimum Gasteiger partial charge on any atom is -0.492 e. The Balaban J connectivity index is 2.16. The van der Waals surface area contributed by atoms with Crippen molar-refractivity contribution >= 4 is 27.4 Å². The van der Waals surface area contributed by atoms with Crippen LogP contribution < -0.4 is 9.64 Å². The number of methoxy groups -OCH3 is 1. The topological polar surface area (TPSA) is 72.4 Å². The second-order valence-electron chi connectivity index (χ2n) is 3.67. The highest BCUT2D eigenvalue weighted by Crippen LogP contribution is 2.23. The summed E-state index contributed by atoms with van der Waals surface area (Å²) in [5.74, 6) is 1.09. The van der Waals surface area contributed by atoms with E-state index in [1.807, 2.05) is 0 Å². The number of ether oxygens (including phenoxy) is 1. The van der Waals surface area contributed by atoms with Crippen molar-refractivity contribution in [2.75, 3.05) is 36.6 Å². The van der Waals surface area contributed by atoms with Crippen LogP contribution in [0.4, 0.5) is 5.95 Å². The van der Waals surface area contributed by atoms with Crippen LogP contribution in [0.3, 0.4) is 0 Å². The first kappa shape index (κ1) is 12.4. The smallest absolute Gasteiger partial charge is 0.227 e. The number of rotatable bonds is 2. The summed E-state index contributed by atoms with van der Waals surface area (Å²) < 4.78 is 27.5. The third kappa shape index (κ3) is 2.78. The lowest BCUT2D eigenvalue weighted by atomic mass is 10.5. The van der Waals surface area contributed by atoms with E-state index >= 15 is 0 Å². The molecule has 0 aromatic carbocycles. The van der Waals surface area contributed by atoms with E-state index in [0.717, 1.165) is 0 Å². The van der Waals surface area contributed by atoms with Crippen LogP contribution in [-0.4, -0.2) is 50.1 Å². The number of halogens is 1. The lowest BCUT2D eigenvalue weighted by molar-refractivity contribution is 0.411. The summed E-state index contributed by atoms with van der Waals surface area (Å²) in [6.07, 6.45) is 1.48. The van der Waals surface area contributed by atoms with Gasteiger partial charge in [0.1, 0.15) is 0 Å². The molecular weight excluding hydrogens is 266 g/mol. The van der Waals surface area contributed by atoms with Crippen molar-refractivity contribution in [3.63, 3.8) is 0 Å². The third-order valence-corrected chi connectivity index (χ3v) is 4.43. The van der Waals surface area contributed by atoms with Gasteiger partial charge in [-0.25, -0.2) is 13.4 Å². The Morgan fingerprint density at radius 1 is 1.41 bits per heavy atom. The maximum absolute atomic E-state index is 11.3. The van der Waals surface area contributed by atoms with Gasteiger partial charge in [-0.05, 0) is 0 Å². The summed E-state index contributed by atoms with van der Waals surface area (Å²) in [5.41, 5.74) is 0. The van der Waals surface area contributed by atoms with Gasteiger partial charge in [0.2, 0.25) is 5.95 Å². The normalized spacial score (nSPS) is 19.1. The molecule has 0 atom stereocenters. The van der Waals surface area contributed by atoms with Gasteiger partial charge in [-0.15, -0.1) is 0 Å². The zero-order valence-corrected chi connectivity index (χ0v) is 10.8.